The highest BCUT2D eigenvalue weighted by atomic mass is 16.5. The Kier molecular flexibility index (Phi) is 7.00. The highest BCUT2D eigenvalue weighted by molar-refractivity contribution is 6.05. The van der Waals surface area contributed by atoms with E-state index in [9.17, 15) is 4.79 Å². The molecule has 0 N–H and O–H groups in total. The van der Waals surface area contributed by atoms with E-state index in [0.29, 0.717) is 24.5 Å². The minimum atomic E-state index is -0.156. The lowest BCUT2D eigenvalue weighted by Crippen LogP contribution is -2.49. The number of hydrazone groups is 1. The summed E-state index contributed by atoms with van der Waals surface area (Å²) in [5.74, 6) is 1.39. The van der Waals surface area contributed by atoms with E-state index < -0.39 is 0 Å². The lowest BCUT2D eigenvalue weighted by atomic mass is 9.95. The zero-order valence-electron chi connectivity index (χ0n) is 20.1. The van der Waals surface area contributed by atoms with Crippen LogP contribution in [-0.4, -0.2) is 67.6 Å². The maximum atomic E-state index is 13.5. The van der Waals surface area contributed by atoms with E-state index in [1.807, 2.05) is 44.2 Å². The molecule has 0 aliphatic carbocycles. The van der Waals surface area contributed by atoms with Gasteiger partial charge in [0.25, 0.3) is 5.91 Å². The van der Waals surface area contributed by atoms with Crippen LogP contribution in [0.1, 0.15) is 43.0 Å². The molecular formula is C26H33N3O4. The number of methoxy groups -OCH3 is 2. The van der Waals surface area contributed by atoms with Crippen molar-refractivity contribution in [3.05, 3.63) is 59.2 Å². The van der Waals surface area contributed by atoms with Gasteiger partial charge in [-0.3, -0.25) is 9.69 Å². The first-order valence-electron chi connectivity index (χ1n) is 11.4. The molecule has 176 valence electrons. The Labute approximate surface area is 195 Å². The summed E-state index contributed by atoms with van der Waals surface area (Å²) in [6.07, 6.45) is 0.833. The fourth-order valence-electron chi connectivity index (χ4n) is 4.82. The number of carbonyl (C=O) groups excluding carboxylic acids is 1. The number of amides is 1. The fraction of sp³-hybridized carbons (Fsp3) is 0.462. The summed E-state index contributed by atoms with van der Waals surface area (Å²) < 4.78 is 16.8. The number of rotatable bonds is 6. The number of morpholine rings is 1. The molecule has 0 radical (unpaired) electrons. The molecule has 0 bridgehead atoms. The average Bonchev–Trinajstić information content (AvgIpc) is 3.23. The Hall–Kier alpha value is -2.90. The largest absolute Gasteiger partial charge is 0.497 e. The van der Waals surface area contributed by atoms with Crippen molar-refractivity contribution < 1.29 is 19.0 Å². The minimum Gasteiger partial charge on any atom is -0.497 e. The van der Waals surface area contributed by atoms with Crippen molar-refractivity contribution in [2.24, 2.45) is 5.10 Å². The Morgan fingerprint density at radius 2 is 1.82 bits per heavy atom. The van der Waals surface area contributed by atoms with Crippen LogP contribution in [0.2, 0.25) is 0 Å². The third kappa shape index (κ3) is 5.04. The van der Waals surface area contributed by atoms with Crippen molar-refractivity contribution in [1.29, 1.82) is 0 Å². The van der Waals surface area contributed by atoms with Crippen LogP contribution in [-0.2, 0) is 9.53 Å². The van der Waals surface area contributed by atoms with Gasteiger partial charge in [-0.2, -0.15) is 5.10 Å². The van der Waals surface area contributed by atoms with E-state index in [4.69, 9.17) is 19.3 Å². The number of ether oxygens (including phenoxy) is 3. The Bertz CT molecular complexity index is 1030. The van der Waals surface area contributed by atoms with Crippen LogP contribution < -0.4 is 9.47 Å². The smallest absolute Gasteiger partial charge is 0.257 e. The zero-order chi connectivity index (χ0) is 23.5. The first-order chi connectivity index (χ1) is 15.9. The van der Waals surface area contributed by atoms with Gasteiger partial charge in [0.2, 0.25) is 0 Å². The molecule has 3 atom stereocenters. The molecule has 2 aliphatic rings. The van der Waals surface area contributed by atoms with Gasteiger partial charge >= 0.3 is 0 Å². The molecule has 2 aliphatic heterocycles. The van der Waals surface area contributed by atoms with Crippen LogP contribution in [0, 0.1) is 6.92 Å². The van der Waals surface area contributed by atoms with E-state index in [0.717, 1.165) is 35.5 Å². The molecule has 0 saturated carbocycles. The maximum Gasteiger partial charge on any atom is 0.257 e. The van der Waals surface area contributed by atoms with Gasteiger partial charge in [0.05, 0.1) is 44.7 Å². The second-order valence-corrected chi connectivity index (χ2v) is 8.88. The van der Waals surface area contributed by atoms with E-state index in [2.05, 4.69) is 24.0 Å². The van der Waals surface area contributed by atoms with E-state index in [-0.39, 0.29) is 24.2 Å². The zero-order valence-corrected chi connectivity index (χ0v) is 20.1. The van der Waals surface area contributed by atoms with Crippen molar-refractivity contribution in [2.45, 2.75) is 45.4 Å². The van der Waals surface area contributed by atoms with E-state index in [1.165, 1.54) is 0 Å². The van der Waals surface area contributed by atoms with Crippen LogP contribution in [0.3, 0.4) is 0 Å². The van der Waals surface area contributed by atoms with Crippen molar-refractivity contribution in [2.75, 3.05) is 33.9 Å². The molecule has 1 saturated heterocycles. The number of benzene rings is 2. The Balaban J connectivity index is 1.65. The first kappa shape index (κ1) is 23.3. The lowest BCUT2D eigenvalue weighted by Gasteiger charge is -2.35. The predicted molar refractivity (Wildman–Crippen MR) is 128 cm³/mol. The summed E-state index contributed by atoms with van der Waals surface area (Å²) in [6.45, 7) is 7.96. The molecule has 2 heterocycles. The van der Waals surface area contributed by atoms with Gasteiger partial charge in [-0.05, 0) is 44.0 Å². The second-order valence-electron chi connectivity index (χ2n) is 8.88. The average molecular weight is 452 g/mol. The monoisotopic (exact) mass is 451 g/mol. The van der Waals surface area contributed by atoms with Crippen LogP contribution in [0.5, 0.6) is 11.5 Å². The van der Waals surface area contributed by atoms with Crippen LogP contribution >= 0.6 is 0 Å². The molecule has 0 spiro atoms. The van der Waals surface area contributed by atoms with Crippen molar-refractivity contribution in [3.63, 3.8) is 0 Å². The normalized spacial score (nSPS) is 23.4. The molecule has 33 heavy (non-hydrogen) atoms. The number of hydrogen-bond donors (Lipinski definition) is 0. The highest BCUT2D eigenvalue weighted by Crippen LogP contribution is 2.37. The molecule has 3 unspecified atom stereocenters. The molecule has 1 fully saturated rings. The van der Waals surface area contributed by atoms with Gasteiger partial charge in [0, 0.05) is 31.1 Å². The molecular weight excluding hydrogens is 418 g/mol. The van der Waals surface area contributed by atoms with Crippen LogP contribution in [0.15, 0.2) is 47.6 Å². The summed E-state index contributed by atoms with van der Waals surface area (Å²) in [5, 5.41) is 6.52. The third-order valence-corrected chi connectivity index (χ3v) is 6.29. The molecule has 2 aromatic rings. The van der Waals surface area contributed by atoms with Gasteiger partial charge < -0.3 is 14.2 Å². The second kappa shape index (κ2) is 9.93. The number of nitrogens with zero attached hydrogens (tertiary/aromatic N) is 3. The van der Waals surface area contributed by atoms with Crippen molar-refractivity contribution in [1.82, 2.24) is 9.91 Å². The van der Waals surface area contributed by atoms with Gasteiger partial charge in [0.1, 0.15) is 11.5 Å². The van der Waals surface area contributed by atoms with Crippen LogP contribution in [0.25, 0.3) is 0 Å². The summed E-state index contributed by atoms with van der Waals surface area (Å²) in [7, 11) is 3.26. The molecule has 2 aromatic carbocycles. The minimum absolute atomic E-state index is 0.00738. The molecule has 0 aromatic heterocycles. The quantitative estimate of drug-likeness (QED) is 0.669. The molecule has 7 heteroatoms. The number of hydrogen-bond acceptors (Lipinski definition) is 6. The van der Waals surface area contributed by atoms with E-state index >= 15 is 0 Å². The van der Waals surface area contributed by atoms with Crippen LogP contribution in [0.4, 0.5) is 0 Å². The maximum absolute atomic E-state index is 13.5. The molecule has 1 amide bonds. The molecule has 4 rings (SSSR count). The topological polar surface area (TPSA) is 63.6 Å². The summed E-state index contributed by atoms with van der Waals surface area (Å²) in [5.41, 5.74) is 3.97. The SMILES string of the molecule is COc1ccc(C2=NN(C(=O)CN3CC(C)OC(C)C3)C(c3ccccc3C)C2)c(OC)c1. The Morgan fingerprint density at radius 3 is 2.48 bits per heavy atom. The fourth-order valence-corrected chi connectivity index (χ4v) is 4.82. The summed E-state index contributed by atoms with van der Waals surface area (Å²) in [4.78, 5) is 15.7. The van der Waals surface area contributed by atoms with Gasteiger partial charge in [0.15, 0.2) is 0 Å². The Morgan fingerprint density at radius 1 is 1.09 bits per heavy atom. The summed E-state index contributed by atoms with van der Waals surface area (Å²) in [6, 6.07) is 13.7. The predicted octanol–water partition coefficient (Wildman–Crippen LogP) is 3.80. The number of aryl methyl sites for hydroxylation is 1. The third-order valence-electron chi connectivity index (χ3n) is 6.29. The van der Waals surface area contributed by atoms with E-state index in [1.54, 1.807) is 19.2 Å². The number of carbonyl (C=O) groups is 1. The van der Waals surface area contributed by atoms with Gasteiger partial charge in [-0.15, -0.1) is 0 Å². The summed E-state index contributed by atoms with van der Waals surface area (Å²) >= 11 is 0. The van der Waals surface area contributed by atoms with Crippen molar-refractivity contribution in [3.8, 4) is 11.5 Å². The highest BCUT2D eigenvalue weighted by Gasteiger charge is 2.36. The standard InChI is InChI=1S/C26H33N3O4/c1-17-8-6-7-9-21(17)24-13-23(22-11-10-20(31-4)12-25(22)32-5)27-29(24)26(30)16-28-14-18(2)33-19(3)15-28/h6-12,18-19,24H,13-16H2,1-5H3. The molecule has 7 nitrogen and oxygen atoms in total. The van der Waals surface area contributed by atoms with Gasteiger partial charge in [-0.1, -0.05) is 24.3 Å². The van der Waals surface area contributed by atoms with Gasteiger partial charge in [-0.25, -0.2) is 5.01 Å². The van der Waals surface area contributed by atoms with Crippen molar-refractivity contribution >= 4 is 11.6 Å². The first-order valence-corrected chi connectivity index (χ1v) is 11.4. The lowest BCUT2D eigenvalue weighted by molar-refractivity contribution is -0.137.